The van der Waals surface area contributed by atoms with Crippen molar-refractivity contribution in [3.05, 3.63) is 33.3 Å². The first kappa shape index (κ1) is 15.5. The average molecular weight is 335 g/mol. The van der Waals surface area contributed by atoms with Crippen molar-refractivity contribution in [1.29, 1.82) is 0 Å². The van der Waals surface area contributed by atoms with Gasteiger partial charge >= 0.3 is 0 Å². The van der Waals surface area contributed by atoms with Crippen LogP contribution in [0.15, 0.2) is 22.7 Å². The van der Waals surface area contributed by atoms with Gasteiger partial charge in [0, 0.05) is 22.6 Å². The van der Waals surface area contributed by atoms with Crippen molar-refractivity contribution >= 4 is 33.4 Å². The first-order valence-corrected chi connectivity index (χ1v) is 7.02. The quantitative estimate of drug-likeness (QED) is 0.807. The molecule has 100 valence electrons. The molecular weight excluding hydrogens is 318 g/mol. The molecule has 0 aliphatic rings. The third kappa shape index (κ3) is 5.38. The van der Waals surface area contributed by atoms with Gasteiger partial charge in [0.25, 0.3) is 5.91 Å². The molecule has 1 amide bonds. The van der Waals surface area contributed by atoms with Crippen molar-refractivity contribution in [3.63, 3.8) is 0 Å². The Kier molecular flexibility index (Phi) is 6.68. The van der Waals surface area contributed by atoms with Crippen LogP contribution in [0, 0.1) is 0 Å². The number of benzene rings is 1. The molecule has 1 rings (SSSR count). The minimum absolute atomic E-state index is 0.131. The molecule has 1 aromatic carbocycles. The molecule has 5 heteroatoms. The summed E-state index contributed by atoms with van der Waals surface area (Å²) < 4.78 is 6.13. The van der Waals surface area contributed by atoms with Gasteiger partial charge in [0.15, 0.2) is 0 Å². The molecule has 18 heavy (non-hydrogen) atoms. The molecule has 0 bridgehead atoms. The molecule has 1 N–H and O–H groups in total. The van der Waals surface area contributed by atoms with Crippen LogP contribution in [0.5, 0.6) is 0 Å². The Morgan fingerprint density at radius 3 is 2.89 bits per heavy atom. The Bertz CT molecular complexity index is 410. The summed E-state index contributed by atoms with van der Waals surface area (Å²) in [6.07, 6.45) is 1.02. The second-order valence-electron chi connectivity index (χ2n) is 4.15. The highest BCUT2D eigenvalue weighted by Gasteiger charge is 2.09. The van der Waals surface area contributed by atoms with Crippen molar-refractivity contribution in [2.75, 3.05) is 13.2 Å². The van der Waals surface area contributed by atoms with E-state index >= 15 is 0 Å². The van der Waals surface area contributed by atoms with Crippen LogP contribution in [0.2, 0.25) is 5.02 Å². The standard InChI is InChI=1S/C13H17BrClNO2/c1-9(2)18-7-3-6-16-13(17)11-8-10(15)4-5-12(11)14/h4-5,8-9H,3,6-7H2,1-2H3,(H,16,17). The summed E-state index contributed by atoms with van der Waals surface area (Å²) in [5, 5.41) is 3.38. The monoisotopic (exact) mass is 333 g/mol. The molecule has 0 aromatic heterocycles. The van der Waals surface area contributed by atoms with Gasteiger partial charge in [-0.2, -0.15) is 0 Å². The molecule has 0 radical (unpaired) electrons. The number of halogens is 2. The maximum atomic E-state index is 11.9. The number of hydrogen-bond donors (Lipinski definition) is 1. The van der Waals surface area contributed by atoms with Gasteiger partial charge in [0.1, 0.15) is 0 Å². The summed E-state index contributed by atoms with van der Waals surface area (Å²) >= 11 is 9.19. The zero-order chi connectivity index (χ0) is 13.5. The van der Waals surface area contributed by atoms with Crippen LogP contribution in [0.3, 0.4) is 0 Å². The minimum Gasteiger partial charge on any atom is -0.379 e. The van der Waals surface area contributed by atoms with Crippen molar-refractivity contribution < 1.29 is 9.53 Å². The SMILES string of the molecule is CC(C)OCCCNC(=O)c1cc(Cl)ccc1Br. The summed E-state index contributed by atoms with van der Waals surface area (Å²) in [4.78, 5) is 11.9. The largest absolute Gasteiger partial charge is 0.379 e. The van der Waals surface area contributed by atoms with Crippen molar-refractivity contribution in [1.82, 2.24) is 5.32 Å². The Morgan fingerprint density at radius 2 is 2.22 bits per heavy atom. The third-order valence-corrected chi connectivity index (χ3v) is 3.16. The number of amides is 1. The Balaban J connectivity index is 2.39. The number of carbonyl (C=O) groups excluding carboxylic acids is 1. The van der Waals surface area contributed by atoms with E-state index in [0.717, 1.165) is 10.9 Å². The third-order valence-electron chi connectivity index (χ3n) is 2.23. The van der Waals surface area contributed by atoms with E-state index in [4.69, 9.17) is 16.3 Å². The van der Waals surface area contributed by atoms with E-state index in [1.54, 1.807) is 18.2 Å². The molecule has 0 aliphatic carbocycles. The van der Waals surface area contributed by atoms with Gasteiger partial charge in [-0.3, -0.25) is 4.79 Å². The van der Waals surface area contributed by atoms with Crippen LogP contribution in [0.1, 0.15) is 30.6 Å². The molecule has 0 saturated carbocycles. The fraction of sp³-hybridized carbons (Fsp3) is 0.462. The molecule has 1 aromatic rings. The maximum Gasteiger partial charge on any atom is 0.252 e. The average Bonchev–Trinajstić information content (AvgIpc) is 2.31. The minimum atomic E-state index is -0.131. The number of rotatable bonds is 6. The summed E-state index contributed by atoms with van der Waals surface area (Å²) in [6, 6.07) is 5.14. The molecule has 0 heterocycles. The van der Waals surface area contributed by atoms with E-state index in [2.05, 4.69) is 21.2 Å². The van der Waals surface area contributed by atoms with Gasteiger partial charge in [0.2, 0.25) is 0 Å². The Labute approximate surface area is 121 Å². The second kappa shape index (κ2) is 7.77. The molecule has 0 saturated heterocycles. The predicted molar refractivity (Wildman–Crippen MR) is 77.2 cm³/mol. The van der Waals surface area contributed by atoms with Gasteiger partial charge in [-0.05, 0) is 54.4 Å². The Hall–Kier alpha value is -0.580. The van der Waals surface area contributed by atoms with Crippen LogP contribution < -0.4 is 5.32 Å². The molecule has 3 nitrogen and oxygen atoms in total. The van der Waals surface area contributed by atoms with Gasteiger partial charge in [-0.15, -0.1) is 0 Å². The zero-order valence-electron chi connectivity index (χ0n) is 10.5. The van der Waals surface area contributed by atoms with Crippen LogP contribution in [0.25, 0.3) is 0 Å². The van der Waals surface area contributed by atoms with Gasteiger partial charge in [-0.1, -0.05) is 11.6 Å². The highest BCUT2D eigenvalue weighted by Crippen LogP contribution is 2.20. The van der Waals surface area contributed by atoms with Crippen molar-refractivity contribution in [3.8, 4) is 0 Å². The number of ether oxygens (including phenoxy) is 1. The van der Waals surface area contributed by atoms with E-state index in [-0.39, 0.29) is 12.0 Å². The maximum absolute atomic E-state index is 11.9. The normalized spacial score (nSPS) is 10.7. The van der Waals surface area contributed by atoms with E-state index in [1.165, 1.54) is 0 Å². The van der Waals surface area contributed by atoms with Crippen LogP contribution in [-0.4, -0.2) is 25.2 Å². The summed E-state index contributed by atoms with van der Waals surface area (Å²) in [6.45, 7) is 5.21. The van der Waals surface area contributed by atoms with Gasteiger partial charge in [-0.25, -0.2) is 0 Å². The molecular formula is C13H17BrClNO2. The van der Waals surface area contributed by atoms with Crippen molar-refractivity contribution in [2.24, 2.45) is 0 Å². The van der Waals surface area contributed by atoms with Crippen LogP contribution >= 0.6 is 27.5 Å². The summed E-state index contributed by atoms with van der Waals surface area (Å²) in [5.74, 6) is -0.131. The number of carbonyl (C=O) groups is 1. The molecule has 0 aliphatic heterocycles. The Morgan fingerprint density at radius 1 is 1.50 bits per heavy atom. The fourth-order valence-corrected chi connectivity index (χ4v) is 1.96. The first-order chi connectivity index (χ1) is 8.50. The van der Waals surface area contributed by atoms with Gasteiger partial charge in [0.05, 0.1) is 11.7 Å². The summed E-state index contributed by atoms with van der Waals surface area (Å²) in [7, 11) is 0. The topological polar surface area (TPSA) is 38.3 Å². The number of nitrogens with one attached hydrogen (secondary N) is 1. The lowest BCUT2D eigenvalue weighted by Gasteiger charge is -2.09. The molecule has 0 atom stereocenters. The first-order valence-electron chi connectivity index (χ1n) is 5.85. The zero-order valence-corrected chi connectivity index (χ0v) is 12.8. The lowest BCUT2D eigenvalue weighted by Crippen LogP contribution is -2.25. The fourth-order valence-electron chi connectivity index (χ4n) is 1.36. The smallest absolute Gasteiger partial charge is 0.252 e. The van der Waals surface area contributed by atoms with Crippen LogP contribution in [0.4, 0.5) is 0 Å². The molecule has 0 unspecified atom stereocenters. The molecule has 0 fully saturated rings. The lowest BCUT2D eigenvalue weighted by molar-refractivity contribution is 0.0757. The predicted octanol–water partition coefficient (Wildman–Crippen LogP) is 3.65. The number of hydrogen-bond acceptors (Lipinski definition) is 2. The molecule has 0 spiro atoms. The van der Waals surface area contributed by atoms with Gasteiger partial charge < -0.3 is 10.1 Å². The van der Waals surface area contributed by atoms with E-state index in [9.17, 15) is 4.79 Å². The summed E-state index contributed by atoms with van der Waals surface area (Å²) in [5.41, 5.74) is 0.548. The highest BCUT2D eigenvalue weighted by atomic mass is 79.9. The highest BCUT2D eigenvalue weighted by molar-refractivity contribution is 9.10. The van der Waals surface area contributed by atoms with E-state index < -0.39 is 0 Å². The van der Waals surface area contributed by atoms with E-state index in [1.807, 2.05) is 13.8 Å². The lowest BCUT2D eigenvalue weighted by atomic mass is 10.2. The van der Waals surface area contributed by atoms with Crippen molar-refractivity contribution in [2.45, 2.75) is 26.4 Å². The second-order valence-corrected chi connectivity index (χ2v) is 5.44. The van der Waals surface area contributed by atoms with E-state index in [0.29, 0.717) is 23.7 Å². The van der Waals surface area contributed by atoms with Crippen LogP contribution in [-0.2, 0) is 4.74 Å².